The molecular weight excluding hydrogens is 84.0 g/mol. The van der Waals surface area contributed by atoms with Crippen LogP contribution in [0.25, 0.3) is 0 Å². The van der Waals surface area contributed by atoms with Gasteiger partial charge in [0, 0.05) is 0 Å². The highest BCUT2D eigenvalue weighted by atomic mass is 16.3. The van der Waals surface area contributed by atoms with E-state index in [1.165, 1.54) is 6.92 Å². The van der Waals surface area contributed by atoms with E-state index < -0.39 is 6.10 Å². The number of hydrogen-bond donors (Lipinski definition) is 2. The van der Waals surface area contributed by atoms with Crippen molar-refractivity contribution in [2.75, 3.05) is 6.61 Å². The predicted molar refractivity (Wildman–Crippen MR) is 22.4 cm³/mol. The van der Waals surface area contributed by atoms with Crippen LogP contribution in [0.1, 0.15) is 6.92 Å². The fourth-order valence-corrected chi connectivity index (χ4v) is 0. The molecule has 0 saturated carbocycles. The third kappa shape index (κ3) is 9.11. The lowest BCUT2D eigenvalue weighted by molar-refractivity contribution is 0.110. The summed E-state index contributed by atoms with van der Waals surface area (Å²) < 4.78 is 0. The summed E-state index contributed by atoms with van der Waals surface area (Å²) in [6, 6.07) is 0. The molecule has 3 heteroatoms. The van der Waals surface area contributed by atoms with Crippen LogP contribution in [0.3, 0.4) is 0 Å². The van der Waals surface area contributed by atoms with Gasteiger partial charge in [0.25, 0.3) is 0 Å². The van der Waals surface area contributed by atoms with E-state index in [0.29, 0.717) is 0 Å². The highest BCUT2D eigenvalue weighted by Gasteiger charge is 1.83. The molecule has 0 aliphatic heterocycles. The highest BCUT2D eigenvalue weighted by molar-refractivity contribution is 4.33. The van der Waals surface area contributed by atoms with Crippen LogP contribution in [0.15, 0.2) is 0 Å². The molecule has 0 amide bonds. The van der Waals surface area contributed by atoms with Crippen LogP contribution >= 0.6 is 0 Å². The van der Waals surface area contributed by atoms with Gasteiger partial charge in [-0.25, -0.2) is 0 Å². The van der Waals surface area contributed by atoms with Crippen LogP contribution in [0, 0.1) is 0 Å². The van der Waals surface area contributed by atoms with Crippen molar-refractivity contribution < 1.29 is 15.7 Å². The molecule has 0 aliphatic carbocycles. The minimum absolute atomic E-state index is 0. The quantitative estimate of drug-likeness (QED) is 0.416. The molecule has 0 aromatic rings. The fraction of sp³-hybridized carbons (Fsp3) is 1.00. The molecule has 0 aliphatic rings. The van der Waals surface area contributed by atoms with Gasteiger partial charge in [-0.2, -0.15) is 0 Å². The number of aliphatic hydroxyl groups excluding tert-OH is 2. The van der Waals surface area contributed by atoms with Crippen molar-refractivity contribution in [1.82, 2.24) is 0 Å². The molecule has 0 fully saturated rings. The second kappa shape index (κ2) is 4.88. The van der Waals surface area contributed by atoms with Crippen molar-refractivity contribution in [2.24, 2.45) is 0 Å². The second-order valence-electron chi connectivity index (χ2n) is 1.03. The van der Waals surface area contributed by atoms with E-state index >= 15 is 0 Å². The predicted octanol–water partition coefficient (Wildman–Crippen LogP) is -1.47. The van der Waals surface area contributed by atoms with Gasteiger partial charge >= 0.3 is 0 Å². The zero-order valence-corrected chi connectivity index (χ0v) is 3.68. The molecule has 0 spiro atoms. The van der Waals surface area contributed by atoms with Gasteiger partial charge in [-0.3, -0.25) is 0 Å². The molecule has 40 valence electrons. The molecule has 1 atom stereocenters. The third-order valence-electron chi connectivity index (χ3n) is 0.264. The van der Waals surface area contributed by atoms with Gasteiger partial charge in [-0.05, 0) is 6.92 Å². The summed E-state index contributed by atoms with van der Waals surface area (Å²) in [5.41, 5.74) is 0. The number of rotatable bonds is 1. The molecule has 0 aromatic carbocycles. The highest BCUT2D eigenvalue weighted by Crippen LogP contribution is 1.68. The lowest BCUT2D eigenvalue weighted by Crippen LogP contribution is -2.03. The van der Waals surface area contributed by atoms with Gasteiger partial charge < -0.3 is 15.7 Å². The second-order valence-corrected chi connectivity index (χ2v) is 1.03. The van der Waals surface area contributed by atoms with E-state index in [9.17, 15) is 0 Å². The van der Waals surface area contributed by atoms with Gasteiger partial charge in [0.15, 0.2) is 0 Å². The molecule has 6 heavy (non-hydrogen) atoms. The Kier molecular flexibility index (Phi) is 7.57. The maximum Gasteiger partial charge on any atom is 0.0742 e. The molecule has 0 saturated heterocycles. The van der Waals surface area contributed by atoms with Crippen LogP contribution < -0.4 is 0 Å². The van der Waals surface area contributed by atoms with E-state index in [4.69, 9.17) is 10.2 Å². The Bertz CT molecular complexity index is 20.0. The van der Waals surface area contributed by atoms with Crippen LogP contribution in [0.4, 0.5) is 0 Å². The number of aliphatic hydroxyl groups is 2. The zero-order chi connectivity index (χ0) is 4.28. The minimum Gasteiger partial charge on any atom is -0.412 e. The summed E-state index contributed by atoms with van der Waals surface area (Å²) in [6.45, 7) is 1.39. The van der Waals surface area contributed by atoms with Gasteiger partial charge in [-0.1, -0.05) is 0 Å². The smallest absolute Gasteiger partial charge is 0.0742 e. The average Bonchev–Trinajstić information content (AvgIpc) is 1.38. The lowest BCUT2D eigenvalue weighted by atomic mass is 10.5. The fourth-order valence-electron chi connectivity index (χ4n) is 0. The Morgan fingerprint density at radius 2 is 1.83 bits per heavy atom. The molecule has 0 radical (unpaired) electrons. The Labute approximate surface area is 36.5 Å². The van der Waals surface area contributed by atoms with Gasteiger partial charge in [0.05, 0.1) is 12.7 Å². The molecule has 0 rings (SSSR count). The zero-order valence-electron chi connectivity index (χ0n) is 3.68. The van der Waals surface area contributed by atoms with Gasteiger partial charge in [0.2, 0.25) is 0 Å². The van der Waals surface area contributed by atoms with E-state index in [2.05, 4.69) is 0 Å². The van der Waals surface area contributed by atoms with Crippen molar-refractivity contribution in [2.45, 2.75) is 13.0 Å². The molecule has 0 aromatic heterocycles. The Hall–Kier alpha value is -0.120. The summed E-state index contributed by atoms with van der Waals surface area (Å²) in [6.07, 6.45) is -0.560. The van der Waals surface area contributed by atoms with E-state index in [0.717, 1.165) is 0 Å². The molecule has 0 heterocycles. The Balaban J connectivity index is 0. The molecule has 0 bridgehead atoms. The summed E-state index contributed by atoms with van der Waals surface area (Å²) in [4.78, 5) is 0. The molecule has 4 N–H and O–H groups in total. The van der Waals surface area contributed by atoms with Crippen molar-refractivity contribution in [3.05, 3.63) is 0 Å². The van der Waals surface area contributed by atoms with Crippen molar-refractivity contribution >= 4 is 0 Å². The monoisotopic (exact) mass is 94.1 g/mol. The largest absolute Gasteiger partial charge is 0.412 e. The van der Waals surface area contributed by atoms with Crippen LogP contribution in [-0.4, -0.2) is 28.4 Å². The van der Waals surface area contributed by atoms with Crippen molar-refractivity contribution in [1.29, 1.82) is 0 Å². The van der Waals surface area contributed by atoms with Crippen LogP contribution in [0.5, 0.6) is 0 Å². The summed E-state index contributed by atoms with van der Waals surface area (Å²) >= 11 is 0. The summed E-state index contributed by atoms with van der Waals surface area (Å²) in [5.74, 6) is 0. The molecule has 3 nitrogen and oxygen atoms in total. The minimum atomic E-state index is -0.560. The molecular formula is C3H10O3. The maximum absolute atomic E-state index is 8.11. The van der Waals surface area contributed by atoms with E-state index in [1.807, 2.05) is 0 Å². The average molecular weight is 94.1 g/mol. The van der Waals surface area contributed by atoms with Crippen LogP contribution in [0.2, 0.25) is 0 Å². The first-order valence-electron chi connectivity index (χ1n) is 1.56. The SMILES string of the molecule is C[C@H](O)CO.O. The molecule has 0 unspecified atom stereocenters. The Morgan fingerprint density at radius 3 is 1.83 bits per heavy atom. The summed E-state index contributed by atoms with van der Waals surface area (Å²) in [7, 11) is 0. The van der Waals surface area contributed by atoms with E-state index in [1.54, 1.807) is 0 Å². The van der Waals surface area contributed by atoms with Crippen LogP contribution in [-0.2, 0) is 0 Å². The van der Waals surface area contributed by atoms with Gasteiger partial charge in [0.1, 0.15) is 0 Å². The Morgan fingerprint density at radius 1 is 1.67 bits per heavy atom. The topological polar surface area (TPSA) is 72.0 Å². The van der Waals surface area contributed by atoms with E-state index in [-0.39, 0.29) is 12.1 Å². The number of hydrogen-bond acceptors (Lipinski definition) is 2. The normalized spacial score (nSPS) is 12.5. The third-order valence-corrected chi connectivity index (χ3v) is 0.264. The maximum atomic E-state index is 8.11. The first-order chi connectivity index (χ1) is 2.27. The first-order valence-corrected chi connectivity index (χ1v) is 1.56. The first kappa shape index (κ1) is 9.30. The van der Waals surface area contributed by atoms with Crippen molar-refractivity contribution in [3.8, 4) is 0 Å². The van der Waals surface area contributed by atoms with Crippen molar-refractivity contribution in [3.63, 3.8) is 0 Å². The lowest BCUT2D eigenvalue weighted by Gasteiger charge is -1.90. The summed E-state index contributed by atoms with van der Waals surface area (Å²) in [5, 5.41) is 16.0. The standard InChI is InChI=1S/C3H8O2.H2O/c1-3(5)2-4;/h3-5H,2H2,1H3;1H2/t3-;/m0./s1. The van der Waals surface area contributed by atoms with Gasteiger partial charge in [-0.15, -0.1) is 0 Å².